The molecule has 0 radical (unpaired) electrons. The molecule has 0 atom stereocenters. The predicted molar refractivity (Wildman–Crippen MR) is 46.2 cm³/mol. The number of pyridine rings is 1. The number of ether oxygens (including phenoxy) is 1. The van der Waals surface area contributed by atoms with Crippen LogP contribution in [-0.4, -0.2) is 13.1 Å². The molecule has 1 aromatic rings. The number of esters is 1. The predicted octanol–water partition coefficient (Wildman–Crippen LogP) is 0.586. The number of carbonyl (C=O) groups excluding carboxylic acids is 1. The number of carbonyl (C=O) groups is 1. The fraction of sp³-hybridized carbons (Fsp3) is 0.250. The summed E-state index contributed by atoms with van der Waals surface area (Å²) in [4.78, 5) is 11.8. The van der Waals surface area contributed by atoms with Gasteiger partial charge in [-0.1, -0.05) is 0 Å². The lowest BCUT2D eigenvalue weighted by atomic mass is 10.3. The summed E-state index contributed by atoms with van der Waals surface area (Å²) in [5.41, 5.74) is 0.461. The van der Waals surface area contributed by atoms with Crippen molar-refractivity contribution in [2.75, 3.05) is 7.11 Å². The van der Waals surface area contributed by atoms with E-state index < -0.39 is 0 Å². The summed E-state index contributed by atoms with van der Waals surface area (Å²) < 4.78 is 6.26. The highest BCUT2D eigenvalue weighted by Gasteiger charge is 2.20. The second-order valence-electron chi connectivity index (χ2n) is 2.34. The maximum absolute atomic E-state index is 11.2. The molecule has 1 heterocycles. The first kappa shape index (κ1) is 9.06. The van der Waals surface area contributed by atoms with Gasteiger partial charge in [0.2, 0.25) is 0 Å². The molecular formula is C8H10NO2S+. The van der Waals surface area contributed by atoms with Gasteiger partial charge in [0.05, 0.1) is 12.0 Å². The number of aromatic nitrogens is 1. The van der Waals surface area contributed by atoms with Crippen LogP contribution >= 0.6 is 12.6 Å². The van der Waals surface area contributed by atoms with Crippen LogP contribution in [0.4, 0.5) is 0 Å². The second kappa shape index (κ2) is 3.58. The minimum Gasteiger partial charge on any atom is -0.461 e. The maximum atomic E-state index is 11.2. The van der Waals surface area contributed by atoms with Crippen LogP contribution in [0.1, 0.15) is 10.5 Å². The van der Waals surface area contributed by atoms with E-state index in [1.165, 1.54) is 7.11 Å². The summed E-state index contributed by atoms with van der Waals surface area (Å²) in [7, 11) is 3.12. The van der Waals surface area contributed by atoms with Crippen molar-refractivity contribution in [1.29, 1.82) is 0 Å². The summed E-state index contributed by atoms with van der Waals surface area (Å²) in [5.74, 6) is -0.372. The Hall–Kier alpha value is -1.03. The lowest BCUT2D eigenvalue weighted by Crippen LogP contribution is -2.36. The minimum absolute atomic E-state index is 0.372. The quantitative estimate of drug-likeness (QED) is 0.393. The molecule has 0 N–H and O–H groups in total. The maximum Gasteiger partial charge on any atom is 0.404 e. The summed E-state index contributed by atoms with van der Waals surface area (Å²) in [5, 5.41) is 0. The van der Waals surface area contributed by atoms with Gasteiger partial charge in [-0.25, -0.2) is 4.79 Å². The lowest BCUT2D eigenvalue weighted by molar-refractivity contribution is -0.676. The van der Waals surface area contributed by atoms with E-state index in [9.17, 15) is 4.79 Å². The van der Waals surface area contributed by atoms with Crippen molar-refractivity contribution in [3.8, 4) is 0 Å². The minimum atomic E-state index is -0.372. The number of methoxy groups -OCH3 is 1. The number of hydrogen-bond acceptors (Lipinski definition) is 3. The first-order chi connectivity index (χ1) is 5.66. The molecule has 0 fully saturated rings. The van der Waals surface area contributed by atoms with Crippen LogP contribution < -0.4 is 4.57 Å². The van der Waals surface area contributed by atoms with E-state index in [4.69, 9.17) is 0 Å². The van der Waals surface area contributed by atoms with Crippen molar-refractivity contribution in [1.82, 2.24) is 0 Å². The molecule has 0 bridgehead atoms. The standard InChI is InChI=1S/C8H9NO2S/c1-9-5-3-4-6(12)7(9)8(10)11-2/h3-5H,1-2H3/p+1. The van der Waals surface area contributed by atoms with E-state index in [2.05, 4.69) is 17.4 Å². The molecule has 1 rings (SSSR count). The van der Waals surface area contributed by atoms with Crippen LogP contribution in [0.2, 0.25) is 0 Å². The first-order valence-corrected chi connectivity index (χ1v) is 3.87. The Morgan fingerprint density at radius 3 is 2.83 bits per heavy atom. The number of nitrogens with zero attached hydrogens (tertiary/aromatic N) is 1. The van der Waals surface area contributed by atoms with Crippen LogP contribution in [0.15, 0.2) is 23.2 Å². The van der Waals surface area contributed by atoms with Crippen molar-refractivity contribution < 1.29 is 14.1 Å². The Bertz CT molecular complexity index is 292. The van der Waals surface area contributed by atoms with Gasteiger partial charge in [-0.15, -0.1) is 12.6 Å². The molecule has 0 saturated carbocycles. The number of aryl methyl sites for hydroxylation is 1. The Labute approximate surface area is 76.4 Å². The van der Waals surface area contributed by atoms with Crippen molar-refractivity contribution in [2.24, 2.45) is 7.05 Å². The van der Waals surface area contributed by atoms with Crippen molar-refractivity contribution in [3.05, 3.63) is 24.0 Å². The van der Waals surface area contributed by atoms with Gasteiger partial charge in [0.25, 0.3) is 0 Å². The largest absolute Gasteiger partial charge is 0.461 e. The van der Waals surface area contributed by atoms with E-state index in [-0.39, 0.29) is 5.97 Å². The van der Waals surface area contributed by atoms with E-state index in [0.717, 1.165) is 0 Å². The van der Waals surface area contributed by atoms with Gasteiger partial charge in [0, 0.05) is 6.07 Å². The zero-order chi connectivity index (χ0) is 9.14. The molecule has 4 heteroatoms. The van der Waals surface area contributed by atoms with E-state index in [1.54, 1.807) is 23.9 Å². The topological polar surface area (TPSA) is 30.2 Å². The second-order valence-corrected chi connectivity index (χ2v) is 2.83. The highest BCUT2D eigenvalue weighted by molar-refractivity contribution is 7.80. The first-order valence-electron chi connectivity index (χ1n) is 3.42. The average Bonchev–Trinajstić information content (AvgIpc) is 2.03. The van der Waals surface area contributed by atoms with E-state index in [1.807, 2.05) is 6.07 Å². The molecule has 3 nitrogen and oxygen atoms in total. The normalized spacial score (nSPS) is 9.58. The van der Waals surface area contributed by atoms with Gasteiger partial charge in [-0.3, -0.25) is 0 Å². The van der Waals surface area contributed by atoms with E-state index >= 15 is 0 Å². The molecule has 12 heavy (non-hydrogen) atoms. The number of thiol groups is 1. The van der Waals surface area contributed by atoms with Crippen LogP contribution in [0.3, 0.4) is 0 Å². The van der Waals surface area contributed by atoms with Gasteiger partial charge in [0.15, 0.2) is 6.20 Å². The van der Waals surface area contributed by atoms with Gasteiger partial charge in [-0.2, -0.15) is 4.57 Å². The molecule has 0 spiro atoms. The van der Waals surface area contributed by atoms with Gasteiger partial charge < -0.3 is 4.74 Å². The molecular weight excluding hydrogens is 174 g/mol. The molecule has 0 aliphatic heterocycles. The van der Waals surface area contributed by atoms with Gasteiger partial charge in [-0.05, 0) is 6.07 Å². The monoisotopic (exact) mass is 184 g/mol. The zero-order valence-electron chi connectivity index (χ0n) is 6.94. The molecule has 0 aliphatic rings. The molecule has 0 aromatic carbocycles. The molecule has 0 unspecified atom stereocenters. The highest BCUT2D eigenvalue weighted by Crippen LogP contribution is 2.08. The average molecular weight is 184 g/mol. The Morgan fingerprint density at radius 1 is 1.67 bits per heavy atom. The Kier molecular flexibility index (Phi) is 2.70. The van der Waals surface area contributed by atoms with Crippen LogP contribution in [0, 0.1) is 0 Å². The fourth-order valence-electron chi connectivity index (χ4n) is 0.943. The molecule has 0 aliphatic carbocycles. The summed E-state index contributed by atoms with van der Waals surface area (Å²) in [6.07, 6.45) is 1.77. The summed E-state index contributed by atoms with van der Waals surface area (Å²) in [6, 6.07) is 3.56. The zero-order valence-corrected chi connectivity index (χ0v) is 7.84. The third-order valence-corrected chi connectivity index (χ3v) is 1.90. The number of hydrogen-bond donors (Lipinski definition) is 1. The highest BCUT2D eigenvalue weighted by atomic mass is 32.1. The summed E-state index contributed by atoms with van der Waals surface area (Å²) >= 11 is 4.14. The Balaban J connectivity index is 3.21. The SMILES string of the molecule is COC(=O)c1c(S)ccc[n+]1C. The molecule has 0 saturated heterocycles. The van der Waals surface area contributed by atoms with Crippen LogP contribution in [0.5, 0.6) is 0 Å². The van der Waals surface area contributed by atoms with E-state index in [0.29, 0.717) is 10.6 Å². The smallest absolute Gasteiger partial charge is 0.404 e. The summed E-state index contributed by atoms with van der Waals surface area (Å²) in [6.45, 7) is 0. The Morgan fingerprint density at radius 2 is 2.33 bits per heavy atom. The molecule has 64 valence electrons. The fourth-order valence-corrected chi connectivity index (χ4v) is 1.28. The lowest BCUT2D eigenvalue weighted by Gasteiger charge is -1.99. The molecule has 0 amide bonds. The van der Waals surface area contributed by atoms with Gasteiger partial charge in [0.1, 0.15) is 7.05 Å². The third-order valence-electron chi connectivity index (χ3n) is 1.54. The van der Waals surface area contributed by atoms with Crippen molar-refractivity contribution >= 4 is 18.6 Å². The van der Waals surface area contributed by atoms with Crippen LogP contribution in [0.25, 0.3) is 0 Å². The third kappa shape index (κ3) is 1.58. The van der Waals surface area contributed by atoms with Gasteiger partial charge >= 0.3 is 11.7 Å². The van der Waals surface area contributed by atoms with Crippen molar-refractivity contribution in [2.45, 2.75) is 4.90 Å². The molecule has 1 aromatic heterocycles. The number of rotatable bonds is 1. The van der Waals surface area contributed by atoms with Crippen molar-refractivity contribution in [3.63, 3.8) is 0 Å². The van der Waals surface area contributed by atoms with Crippen LogP contribution in [-0.2, 0) is 11.8 Å².